The predicted octanol–water partition coefficient (Wildman–Crippen LogP) is 5.42. The first kappa shape index (κ1) is 13.7. The van der Waals surface area contributed by atoms with Gasteiger partial charge >= 0.3 is 0 Å². The normalized spacial score (nSPS) is 12.9. The molecule has 0 saturated heterocycles. The van der Waals surface area contributed by atoms with Crippen LogP contribution in [0, 0.1) is 0 Å². The van der Waals surface area contributed by atoms with Crippen LogP contribution in [0.15, 0.2) is 31.8 Å². The molecule has 5 heteroatoms. The summed E-state index contributed by atoms with van der Waals surface area (Å²) in [5.74, 6) is 0. The van der Waals surface area contributed by atoms with E-state index in [0.29, 0.717) is 6.04 Å². The van der Waals surface area contributed by atoms with Crippen molar-refractivity contribution < 1.29 is 0 Å². The summed E-state index contributed by atoms with van der Waals surface area (Å²) in [6.07, 6.45) is 1.14. The average Bonchev–Trinajstić information content (AvgIpc) is 2.90. The summed E-state index contributed by atoms with van der Waals surface area (Å²) in [6.45, 7) is 3.22. The van der Waals surface area contributed by atoms with Gasteiger partial charge in [0.25, 0.3) is 0 Å². The molecule has 0 radical (unpaired) electrons. The van der Waals surface area contributed by atoms with Crippen LogP contribution in [-0.2, 0) is 0 Å². The van der Waals surface area contributed by atoms with Crippen LogP contribution >= 0.6 is 54.5 Å². The van der Waals surface area contributed by atoms with E-state index in [4.69, 9.17) is 0 Å². The van der Waals surface area contributed by atoms with Crippen LogP contribution in [0.3, 0.4) is 0 Å². The second kappa shape index (κ2) is 6.48. The Labute approximate surface area is 127 Å². The van der Waals surface area contributed by atoms with Crippen molar-refractivity contribution in [3.63, 3.8) is 0 Å². The minimum Gasteiger partial charge on any atom is -0.305 e. The lowest BCUT2D eigenvalue weighted by atomic mass is 10.2. The summed E-state index contributed by atoms with van der Waals surface area (Å²) in [6, 6.07) is 4.62. The van der Waals surface area contributed by atoms with Crippen molar-refractivity contribution >= 4 is 54.5 Å². The molecule has 1 atom stereocenters. The molecule has 0 aromatic carbocycles. The molecule has 0 spiro atoms. The zero-order valence-electron chi connectivity index (χ0n) is 9.37. The van der Waals surface area contributed by atoms with Gasteiger partial charge in [0.15, 0.2) is 0 Å². The minimum absolute atomic E-state index is 0.306. The van der Waals surface area contributed by atoms with Crippen molar-refractivity contribution in [3.05, 3.63) is 41.6 Å². The van der Waals surface area contributed by atoms with Crippen LogP contribution in [-0.4, -0.2) is 6.54 Å². The lowest BCUT2D eigenvalue weighted by Crippen LogP contribution is -2.21. The van der Waals surface area contributed by atoms with Crippen molar-refractivity contribution in [2.75, 3.05) is 6.54 Å². The van der Waals surface area contributed by atoms with Gasteiger partial charge in [0.2, 0.25) is 0 Å². The van der Waals surface area contributed by atoms with E-state index in [0.717, 1.165) is 17.4 Å². The van der Waals surface area contributed by atoms with Gasteiger partial charge in [-0.2, -0.15) is 0 Å². The topological polar surface area (TPSA) is 12.0 Å². The van der Waals surface area contributed by atoms with E-state index in [1.807, 2.05) is 0 Å². The number of thiophene rings is 2. The molecule has 2 heterocycles. The molecule has 1 N–H and O–H groups in total. The summed E-state index contributed by atoms with van der Waals surface area (Å²) in [5.41, 5.74) is 0. The largest absolute Gasteiger partial charge is 0.305 e. The molecule has 0 aliphatic carbocycles. The maximum absolute atomic E-state index is 3.63. The van der Waals surface area contributed by atoms with Gasteiger partial charge in [-0.1, -0.05) is 6.92 Å². The second-order valence-corrected chi connectivity index (χ2v) is 7.35. The highest BCUT2D eigenvalue weighted by molar-refractivity contribution is 9.10. The van der Waals surface area contributed by atoms with Crippen LogP contribution in [0.2, 0.25) is 0 Å². The Balaban J connectivity index is 2.28. The molecule has 0 amide bonds. The molecule has 0 saturated carbocycles. The Hall–Kier alpha value is 0.320. The second-order valence-electron chi connectivity index (χ2n) is 3.69. The van der Waals surface area contributed by atoms with E-state index in [-0.39, 0.29) is 0 Å². The molecule has 0 bridgehead atoms. The Kier molecular flexibility index (Phi) is 5.24. The fraction of sp³-hybridized carbons (Fsp3) is 0.333. The molecule has 0 aliphatic heterocycles. The third-order valence-electron chi connectivity index (χ3n) is 2.38. The van der Waals surface area contributed by atoms with Gasteiger partial charge in [0.05, 0.1) is 6.04 Å². The quantitative estimate of drug-likeness (QED) is 0.713. The Morgan fingerprint density at radius 2 is 2.18 bits per heavy atom. The first-order valence-electron chi connectivity index (χ1n) is 5.42. The molecule has 2 aromatic rings. The molecule has 2 aromatic heterocycles. The number of hydrogen-bond donors (Lipinski definition) is 1. The van der Waals surface area contributed by atoms with E-state index in [1.54, 1.807) is 22.7 Å². The predicted molar refractivity (Wildman–Crippen MR) is 84.2 cm³/mol. The molecule has 1 nitrogen and oxygen atoms in total. The lowest BCUT2D eigenvalue weighted by molar-refractivity contribution is 0.611. The van der Waals surface area contributed by atoms with Gasteiger partial charge < -0.3 is 5.32 Å². The Morgan fingerprint density at radius 1 is 1.35 bits per heavy atom. The van der Waals surface area contributed by atoms with Crippen molar-refractivity contribution in [2.45, 2.75) is 19.4 Å². The number of hydrogen-bond acceptors (Lipinski definition) is 3. The molecular weight excluding hydrogens is 382 g/mol. The van der Waals surface area contributed by atoms with Crippen LogP contribution in [0.4, 0.5) is 0 Å². The highest BCUT2D eigenvalue weighted by Crippen LogP contribution is 2.36. The number of halogens is 2. The monoisotopic (exact) mass is 393 g/mol. The van der Waals surface area contributed by atoms with Gasteiger partial charge in [-0.25, -0.2) is 0 Å². The average molecular weight is 395 g/mol. The zero-order chi connectivity index (χ0) is 12.3. The minimum atomic E-state index is 0.306. The molecule has 1 unspecified atom stereocenters. The molecule has 92 valence electrons. The highest BCUT2D eigenvalue weighted by Gasteiger charge is 2.18. The van der Waals surface area contributed by atoms with Gasteiger partial charge in [0, 0.05) is 24.1 Å². The van der Waals surface area contributed by atoms with Crippen molar-refractivity contribution in [2.24, 2.45) is 0 Å². The molecular formula is C12H13Br2NS2. The SMILES string of the molecule is CCCNC(c1cc(Br)cs1)c1sccc1Br. The number of nitrogens with one attached hydrogen (secondary N) is 1. The maximum atomic E-state index is 3.63. The van der Waals surface area contributed by atoms with E-state index >= 15 is 0 Å². The van der Waals surface area contributed by atoms with Crippen molar-refractivity contribution in [1.29, 1.82) is 0 Å². The third-order valence-corrected chi connectivity index (χ3v) is 6.07. The maximum Gasteiger partial charge on any atom is 0.0776 e. The molecule has 0 aliphatic rings. The first-order valence-corrected chi connectivity index (χ1v) is 8.77. The van der Waals surface area contributed by atoms with Crippen LogP contribution in [0.25, 0.3) is 0 Å². The summed E-state index contributed by atoms with van der Waals surface area (Å²) in [4.78, 5) is 2.71. The van der Waals surface area contributed by atoms with Crippen molar-refractivity contribution in [1.82, 2.24) is 5.32 Å². The number of rotatable bonds is 5. The first-order chi connectivity index (χ1) is 8.22. The molecule has 17 heavy (non-hydrogen) atoms. The highest BCUT2D eigenvalue weighted by atomic mass is 79.9. The standard InChI is InChI=1S/C12H13Br2NS2/c1-2-4-15-11(10-6-8(13)7-17-10)12-9(14)3-5-16-12/h3,5-7,11,15H,2,4H2,1H3. The lowest BCUT2D eigenvalue weighted by Gasteiger charge is -2.16. The fourth-order valence-electron chi connectivity index (χ4n) is 1.60. The van der Waals surface area contributed by atoms with E-state index in [9.17, 15) is 0 Å². The van der Waals surface area contributed by atoms with Crippen LogP contribution < -0.4 is 5.32 Å². The summed E-state index contributed by atoms with van der Waals surface area (Å²) in [5, 5.41) is 7.88. The zero-order valence-corrected chi connectivity index (χ0v) is 14.2. The molecule has 2 rings (SSSR count). The Morgan fingerprint density at radius 3 is 2.71 bits per heavy atom. The van der Waals surface area contributed by atoms with Crippen molar-refractivity contribution in [3.8, 4) is 0 Å². The van der Waals surface area contributed by atoms with Gasteiger partial charge in [0.1, 0.15) is 0 Å². The van der Waals surface area contributed by atoms with Crippen LogP contribution in [0.5, 0.6) is 0 Å². The third kappa shape index (κ3) is 3.41. The fourth-order valence-corrected chi connectivity index (χ4v) is 4.90. The summed E-state index contributed by atoms with van der Waals surface area (Å²) < 4.78 is 2.36. The van der Waals surface area contributed by atoms with Crippen LogP contribution in [0.1, 0.15) is 29.1 Å². The van der Waals surface area contributed by atoms with E-state index < -0.39 is 0 Å². The van der Waals surface area contributed by atoms with E-state index in [1.165, 1.54) is 14.2 Å². The summed E-state index contributed by atoms with van der Waals surface area (Å²) in [7, 11) is 0. The van der Waals surface area contributed by atoms with Gasteiger partial charge in [-0.05, 0) is 62.3 Å². The van der Waals surface area contributed by atoms with E-state index in [2.05, 4.69) is 67.0 Å². The Bertz CT molecular complexity index is 478. The van der Waals surface area contributed by atoms with Gasteiger partial charge in [-0.15, -0.1) is 22.7 Å². The summed E-state index contributed by atoms with van der Waals surface area (Å²) >= 11 is 10.7. The van der Waals surface area contributed by atoms with Gasteiger partial charge in [-0.3, -0.25) is 0 Å². The smallest absolute Gasteiger partial charge is 0.0776 e. The molecule has 0 fully saturated rings.